The summed E-state index contributed by atoms with van der Waals surface area (Å²) in [5.41, 5.74) is 9.84. The quantitative estimate of drug-likeness (QED) is 0.289. The van der Waals surface area contributed by atoms with E-state index in [0.29, 0.717) is 33.5 Å². The minimum atomic E-state index is -0.554. The van der Waals surface area contributed by atoms with E-state index in [9.17, 15) is 14.4 Å². The van der Waals surface area contributed by atoms with E-state index in [1.807, 2.05) is 18.2 Å². The minimum absolute atomic E-state index is 0.221. The highest BCUT2D eigenvalue weighted by molar-refractivity contribution is 6.32. The van der Waals surface area contributed by atoms with Crippen LogP contribution >= 0.6 is 0 Å². The first-order valence-corrected chi connectivity index (χ1v) is 9.80. The zero-order valence-corrected chi connectivity index (χ0v) is 16.7. The summed E-state index contributed by atoms with van der Waals surface area (Å²) in [6.45, 7) is 0. The topological polar surface area (TPSA) is 130 Å². The van der Waals surface area contributed by atoms with E-state index in [0.717, 1.165) is 16.6 Å². The number of aromatic amines is 1. The van der Waals surface area contributed by atoms with E-state index in [4.69, 9.17) is 5.73 Å². The molecule has 2 amide bonds. The molecule has 4 aromatic rings. The highest BCUT2D eigenvalue weighted by Crippen LogP contribution is 2.33. The molecule has 0 aliphatic carbocycles. The van der Waals surface area contributed by atoms with Crippen LogP contribution in [0.5, 0.6) is 0 Å². The van der Waals surface area contributed by atoms with Gasteiger partial charge in [0.1, 0.15) is 0 Å². The van der Waals surface area contributed by atoms with Crippen molar-refractivity contribution in [2.45, 2.75) is 0 Å². The van der Waals surface area contributed by atoms with Gasteiger partial charge in [0.05, 0.1) is 17.3 Å². The number of fused-ring (bicyclic) bond motifs is 2. The number of hydrogen-bond donors (Lipinski definition) is 4. The Balaban J connectivity index is 1.39. The van der Waals surface area contributed by atoms with Gasteiger partial charge in [-0.1, -0.05) is 24.3 Å². The molecule has 1 aliphatic heterocycles. The standard InChI is InChI=1S/C24H17N5O3/c25-23(31)14-3-1-13(2-4-14)22(30)15-6-8-18-19(24(32)28-21(18)9-15)12-26-17-7-5-16-11-27-29-20(16)10-17/h1-12,26H,(H2,25,31)(H,27,29)(H,28,32). The molecule has 0 atom stereocenters. The Morgan fingerprint density at radius 2 is 1.69 bits per heavy atom. The Morgan fingerprint density at radius 1 is 0.938 bits per heavy atom. The van der Waals surface area contributed by atoms with Gasteiger partial charge in [-0.25, -0.2) is 0 Å². The maximum atomic E-state index is 12.8. The molecule has 0 saturated heterocycles. The van der Waals surface area contributed by atoms with E-state index in [2.05, 4.69) is 20.8 Å². The fourth-order valence-electron chi connectivity index (χ4n) is 3.61. The minimum Gasteiger partial charge on any atom is -0.366 e. The molecule has 8 nitrogen and oxygen atoms in total. The largest absolute Gasteiger partial charge is 0.366 e. The number of carbonyl (C=O) groups excluding carboxylic acids is 3. The van der Waals surface area contributed by atoms with Gasteiger partial charge >= 0.3 is 0 Å². The number of amides is 2. The molecule has 0 saturated carbocycles. The summed E-state index contributed by atoms with van der Waals surface area (Å²) in [6.07, 6.45) is 3.38. The third-order valence-electron chi connectivity index (χ3n) is 5.32. The van der Waals surface area contributed by atoms with Crippen molar-refractivity contribution in [1.29, 1.82) is 0 Å². The van der Waals surface area contributed by atoms with Gasteiger partial charge in [-0.3, -0.25) is 19.5 Å². The van der Waals surface area contributed by atoms with E-state index >= 15 is 0 Å². The van der Waals surface area contributed by atoms with Crippen molar-refractivity contribution < 1.29 is 14.4 Å². The number of primary amides is 1. The zero-order chi connectivity index (χ0) is 22.2. The van der Waals surface area contributed by atoms with Crippen LogP contribution in [0.4, 0.5) is 11.4 Å². The first-order valence-electron chi connectivity index (χ1n) is 9.80. The number of nitrogens with one attached hydrogen (secondary N) is 3. The number of aromatic nitrogens is 2. The van der Waals surface area contributed by atoms with E-state index in [1.54, 1.807) is 42.7 Å². The Labute approximate surface area is 182 Å². The smallest absolute Gasteiger partial charge is 0.257 e. The van der Waals surface area contributed by atoms with Crippen LogP contribution in [0.25, 0.3) is 16.5 Å². The van der Waals surface area contributed by atoms with Crippen LogP contribution in [0, 0.1) is 0 Å². The first-order chi connectivity index (χ1) is 15.5. The molecule has 3 aromatic carbocycles. The van der Waals surface area contributed by atoms with Crippen LogP contribution in [-0.4, -0.2) is 27.8 Å². The van der Waals surface area contributed by atoms with Crippen molar-refractivity contribution in [3.8, 4) is 0 Å². The van der Waals surface area contributed by atoms with Crippen LogP contribution < -0.4 is 16.4 Å². The van der Waals surface area contributed by atoms with Crippen molar-refractivity contribution in [3.05, 3.63) is 95.3 Å². The van der Waals surface area contributed by atoms with Crippen molar-refractivity contribution in [3.63, 3.8) is 0 Å². The second-order valence-corrected chi connectivity index (χ2v) is 7.36. The number of anilines is 2. The summed E-state index contributed by atoms with van der Waals surface area (Å²) >= 11 is 0. The van der Waals surface area contributed by atoms with Gasteiger partial charge in [-0.05, 0) is 36.4 Å². The maximum absolute atomic E-state index is 12.8. The Morgan fingerprint density at radius 3 is 2.47 bits per heavy atom. The summed E-state index contributed by atoms with van der Waals surface area (Å²) in [4.78, 5) is 36.5. The lowest BCUT2D eigenvalue weighted by molar-refractivity contribution is -0.110. The van der Waals surface area contributed by atoms with Crippen LogP contribution in [0.2, 0.25) is 0 Å². The molecule has 0 unspecified atom stereocenters. The summed E-state index contributed by atoms with van der Waals surface area (Å²) < 4.78 is 0. The predicted molar refractivity (Wildman–Crippen MR) is 121 cm³/mol. The molecule has 156 valence electrons. The van der Waals surface area contributed by atoms with E-state index < -0.39 is 5.91 Å². The highest BCUT2D eigenvalue weighted by atomic mass is 16.2. The Hall–Kier alpha value is -4.72. The predicted octanol–water partition coefficient (Wildman–Crippen LogP) is 3.30. The van der Waals surface area contributed by atoms with Gasteiger partial charge in [-0.15, -0.1) is 0 Å². The van der Waals surface area contributed by atoms with Gasteiger partial charge in [0.25, 0.3) is 5.91 Å². The van der Waals surface area contributed by atoms with E-state index in [-0.39, 0.29) is 11.7 Å². The number of benzene rings is 3. The fourth-order valence-corrected chi connectivity index (χ4v) is 3.61. The van der Waals surface area contributed by atoms with Crippen molar-refractivity contribution >= 4 is 45.4 Å². The van der Waals surface area contributed by atoms with Crippen molar-refractivity contribution in [2.75, 3.05) is 10.6 Å². The molecule has 2 heterocycles. The molecule has 32 heavy (non-hydrogen) atoms. The molecule has 0 bridgehead atoms. The van der Waals surface area contributed by atoms with Crippen molar-refractivity contribution in [1.82, 2.24) is 10.2 Å². The summed E-state index contributed by atoms with van der Waals surface area (Å²) in [5, 5.41) is 13.8. The number of nitrogens with two attached hydrogens (primary N) is 1. The number of H-pyrrole nitrogens is 1. The average molecular weight is 423 g/mol. The zero-order valence-electron chi connectivity index (χ0n) is 16.7. The third kappa shape index (κ3) is 3.39. The molecule has 0 radical (unpaired) electrons. The van der Waals surface area contributed by atoms with Crippen LogP contribution in [0.1, 0.15) is 31.8 Å². The summed E-state index contributed by atoms with van der Waals surface area (Å²) in [7, 11) is 0. The molecule has 5 N–H and O–H groups in total. The van der Waals surface area contributed by atoms with Gasteiger partial charge in [0.2, 0.25) is 5.91 Å². The van der Waals surface area contributed by atoms with Gasteiger partial charge in [0, 0.05) is 45.2 Å². The van der Waals surface area contributed by atoms with Crippen molar-refractivity contribution in [2.24, 2.45) is 5.73 Å². The number of ketones is 1. The molecule has 8 heteroatoms. The highest BCUT2D eigenvalue weighted by Gasteiger charge is 2.25. The second kappa shape index (κ2) is 7.51. The normalized spacial score (nSPS) is 13.8. The van der Waals surface area contributed by atoms with Gasteiger partial charge in [0.15, 0.2) is 5.78 Å². The number of hydrogen-bond acceptors (Lipinski definition) is 5. The first kappa shape index (κ1) is 19.3. The summed E-state index contributed by atoms with van der Waals surface area (Å²) in [5.74, 6) is -1.03. The lowest BCUT2D eigenvalue weighted by Gasteiger charge is -2.05. The van der Waals surface area contributed by atoms with Crippen LogP contribution in [0.15, 0.2) is 73.1 Å². The van der Waals surface area contributed by atoms with Gasteiger partial charge in [-0.2, -0.15) is 5.10 Å². The third-order valence-corrected chi connectivity index (χ3v) is 5.32. The molecule has 0 fully saturated rings. The number of rotatable bonds is 5. The molecular weight excluding hydrogens is 406 g/mol. The summed E-state index contributed by atoms with van der Waals surface area (Å²) in [6, 6.07) is 16.9. The monoisotopic (exact) mass is 423 g/mol. The molecule has 5 rings (SSSR count). The SMILES string of the molecule is NC(=O)c1ccc(C(=O)c2ccc3c(c2)NC(=O)C3=CNc2ccc3cn[nH]c3c2)cc1. The second-order valence-electron chi connectivity index (χ2n) is 7.36. The number of nitrogens with zero attached hydrogens (tertiary/aromatic N) is 1. The Bertz CT molecular complexity index is 1430. The Kier molecular flexibility index (Phi) is 4.52. The maximum Gasteiger partial charge on any atom is 0.257 e. The van der Waals surface area contributed by atoms with Crippen LogP contribution in [-0.2, 0) is 4.79 Å². The molecule has 0 spiro atoms. The average Bonchev–Trinajstić information content (AvgIpc) is 3.39. The van der Waals surface area contributed by atoms with E-state index in [1.165, 1.54) is 12.1 Å². The molecular formula is C24H17N5O3. The fraction of sp³-hybridized carbons (Fsp3) is 0. The lowest BCUT2D eigenvalue weighted by Crippen LogP contribution is -2.11. The molecule has 1 aromatic heterocycles. The molecule has 1 aliphatic rings. The number of carbonyl (C=O) groups is 3. The van der Waals surface area contributed by atoms with Crippen LogP contribution in [0.3, 0.4) is 0 Å². The lowest BCUT2D eigenvalue weighted by atomic mass is 9.99. The van der Waals surface area contributed by atoms with Gasteiger partial charge < -0.3 is 16.4 Å².